The van der Waals surface area contributed by atoms with E-state index in [-0.39, 0.29) is 18.1 Å². The molecular weight excluding hydrogens is 346 g/mol. The van der Waals surface area contributed by atoms with Crippen molar-refractivity contribution in [2.45, 2.75) is 24.5 Å². The zero-order chi connectivity index (χ0) is 18.1. The minimum Gasteiger partial charge on any atom is -0.461 e. The van der Waals surface area contributed by atoms with Crippen LogP contribution in [-0.2, 0) is 20.9 Å². The van der Waals surface area contributed by atoms with Crippen LogP contribution in [0.2, 0.25) is 0 Å². The topological polar surface area (TPSA) is 125 Å². The zero-order valence-electron chi connectivity index (χ0n) is 13.9. The molecule has 0 saturated carbocycles. The molecule has 0 atom stereocenters. The van der Waals surface area contributed by atoms with Crippen molar-refractivity contribution in [3.05, 3.63) is 18.4 Å². The first-order valence-electron chi connectivity index (χ1n) is 7.75. The standard InChI is InChI=1S/C15H21N5O4S/c1-23-8-3-6-17-13(22)10-25-15-19-18-14(11-4-2-9-24-11)20(15)7-5-12(16)21/h2,4,9H,3,5-8,10H2,1H3,(H2,16,21)(H,17,22). The fraction of sp³-hybridized carbons (Fsp3) is 0.467. The van der Waals surface area contributed by atoms with Gasteiger partial charge in [-0.2, -0.15) is 0 Å². The summed E-state index contributed by atoms with van der Waals surface area (Å²) in [4.78, 5) is 23.0. The molecule has 0 saturated heterocycles. The largest absolute Gasteiger partial charge is 0.461 e. The van der Waals surface area contributed by atoms with E-state index in [0.717, 1.165) is 6.42 Å². The number of furan rings is 1. The summed E-state index contributed by atoms with van der Waals surface area (Å²) in [5.74, 6) is 0.693. The average molecular weight is 367 g/mol. The highest BCUT2D eigenvalue weighted by Crippen LogP contribution is 2.24. The van der Waals surface area contributed by atoms with Gasteiger partial charge in [0, 0.05) is 33.2 Å². The molecule has 0 radical (unpaired) electrons. The van der Waals surface area contributed by atoms with Crippen molar-refractivity contribution in [1.82, 2.24) is 20.1 Å². The van der Waals surface area contributed by atoms with Crippen LogP contribution in [0.5, 0.6) is 0 Å². The Balaban J connectivity index is 1.99. The summed E-state index contributed by atoms with van der Waals surface area (Å²) in [6, 6.07) is 3.49. The molecule has 2 heterocycles. The van der Waals surface area contributed by atoms with E-state index in [9.17, 15) is 9.59 Å². The number of methoxy groups -OCH3 is 1. The van der Waals surface area contributed by atoms with Crippen LogP contribution in [0.25, 0.3) is 11.6 Å². The van der Waals surface area contributed by atoms with E-state index < -0.39 is 5.91 Å². The molecule has 9 nitrogen and oxygen atoms in total. The Kier molecular flexibility index (Phi) is 7.48. The van der Waals surface area contributed by atoms with Crippen LogP contribution < -0.4 is 11.1 Å². The summed E-state index contributed by atoms with van der Waals surface area (Å²) in [5, 5.41) is 11.5. The van der Waals surface area contributed by atoms with Gasteiger partial charge in [-0.05, 0) is 18.6 Å². The molecule has 2 amide bonds. The maximum absolute atomic E-state index is 11.9. The molecule has 2 aromatic rings. The van der Waals surface area contributed by atoms with Crippen LogP contribution in [0.1, 0.15) is 12.8 Å². The van der Waals surface area contributed by atoms with Crippen LogP contribution in [0.15, 0.2) is 28.0 Å². The van der Waals surface area contributed by atoms with Crippen molar-refractivity contribution >= 4 is 23.6 Å². The van der Waals surface area contributed by atoms with Gasteiger partial charge in [0.25, 0.3) is 0 Å². The summed E-state index contributed by atoms with van der Waals surface area (Å²) in [7, 11) is 1.62. The van der Waals surface area contributed by atoms with Gasteiger partial charge in [0.1, 0.15) is 0 Å². The fourth-order valence-corrected chi connectivity index (χ4v) is 2.83. The number of aromatic nitrogens is 3. The minimum atomic E-state index is -0.425. The summed E-state index contributed by atoms with van der Waals surface area (Å²) in [5.41, 5.74) is 5.23. The number of ether oxygens (including phenoxy) is 1. The van der Waals surface area contributed by atoms with Gasteiger partial charge in [0.15, 0.2) is 16.7 Å². The van der Waals surface area contributed by atoms with Crippen molar-refractivity contribution < 1.29 is 18.7 Å². The van der Waals surface area contributed by atoms with Gasteiger partial charge < -0.3 is 20.2 Å². The molecule has 0 bridgehead atoms. The lowest BCUT2D eigenvalue weighted by molar-refractivity contribution is -0.119. The normalized spacial score (nSPS) is 10.8. The number of thioether (sulfide) groups is 1. The quantitative estimate of drug-likeness (QED) is 0.441. The van der Waals surface area contributed by atoms with Crippen molar-refractivity contribution in [2.24, 2.45) is 5.73 Å². The molecule has 25 heavy (non-hydrogen) atoms. The maximum Gasteiger partial charge on any atom is 0.230 e. The molecule has 0 aliphatic heterocycles. The number of carbonyl (C=O) groups excluding carboxylic acids is 2. The lowest BCUT2D eigenvalue weighted by atomic mass is 10.3. The predicted molar refractivity (Wildman–Crippen MR) is 91.8 cm³/mol. The van der Waals surface area contributed by atoms with Gasteiger partial charge in [-0.25, -0.2) is 0 Å². The van der Waals surface area contributed by atoms with Crippen molar-refractivity contribution in [1.29, 1.82) is 0 Å². The van der Waals surface area contributed by atoms with Crippen molar-refractivity contribution in [3.63, 3.8) is 0 Å². The lowest BCUT2D eigenvalue weighted by Gasteiger charge is -2.08. The third kappa shape index (κ3) is 5.91. The van der Waals surface area contributed by atoms with Crippen molar-refractivity contribution in [3.8, 4) is 11.6 Å². The van der Waals surface area contributed by atoms with Crippen LogP contribution in [-0.4, -0.2) is 52.6 Å². The molecule has 0 fully saturated rings. The molecular formula is C15H21N5O4S. The number of primary amides is 1. The fourth-order valence-electron chi connectivity index (χ4n) is 2.03. The second kappa shape index (κ2) is 9.84. The number of carbonyl (C=O) groups is 2. The molecule has 0 aromatic carbocycles. The van der Waals surface area contributed by atoms with Gasteiger partial charge in [-0.1, -0.05) is 11.8 Å². The Hall–Kier alpha value is -2.33. The van der Waals surface area contributed by atoms with Crippen LogP contribution in [0, 0.1) is 0 Å². The highest BCUT2D eigenvalue weighted by atomic mass is 32.2. The minimum absolute atomic E-state index is 0.106. The number of hydrogen-bond acceptors (Lipinski definition) is 7. The number of rotatable bonds is 11. The first-order chi connectivity index (χ1) is 12.1. The number of nitrogens with one attached hydrogen (secondary N) is 1. The van der Waals surface area contributed by atoms with Gasteiger partial charge in [0.05, 0.1) is 12.0 Å². The first kappa shape index (κ1) is 19.0. The highest BCUT2D eigenvalue weighted by molar-refractivity contribution is 7.99. The molecule has 0 unspecified atom stereocenters. The number of nitrogens with two attached hydrogens (primary N) is 1. The summed E-state index contributed by atoms with van der Waals surface area (Å²) < 4.78 is 12.0. The summed E-state index contributed by atoms with van der Waals surface area (Å²) >= 11 is 1.24. The second-order valence-electron chi connectivity index (χ2n) is 5.14. The number of nitrogens with zero attached hydrogens (tertiary/aromatic N) is 3. The van der Waals surface area contributed by atoms with E-state index in [1.54, 1.807) is 23.8 Å². The Bertz CT molecular complexity index is 686. The van der Waals surface area contributed by atoms with E-state index >= 15 is 0 Å². The molecule has 10 heteroatoms. The van der Waals surface area contributed by atoms with Crippen LogP contribution in [0.3, 0.4) is 0 Å². The van der Waals surface area contributed by atoms with E-state index in [1.165, 1.54) is 18.0 Å². The molecule has 0 spiro atoms. The molecule has 2 aromatic heterocycles. The zero-order valence-corrected chi connectivity index (χ0v) is 14.8. The molecule has 0 aliphatic carbocycles. The van der Waals surface area contributed by atoms with E-state index in [1.807, 2.05) is 0 Å². The Morgan fingerprint density at radius 1 is 1.44 bits per heavy atom. The maximum atomic E-state index is 11.9. The van der Waals surface area contributed by atoms with Gasteiger partial charge in [-0.3, -0.25) is 14.2 Å². The summed E-state index contributed by atoms with van der Waals surface area (Å²) in [6.07, 6.45) is 2.43. The highest BCUT2D eigenvalue weighted by Gasteiger charge is 2.17. The number of amides is 2. The van der Waals surface area contributed by atoms with Crippen LogP contribution in [0.4, 0.5) is 0 Å². The third-order valence-corrected chi connectivity index (χ3v) is 4.19. The van der Waals surface area contributed by atoms with Crippen LogP contribution >= 0.6 is 11.8 Å². The van der Waals surface area contributed by atoms with Gasteiger partial charge >= 0.3 is 0 Å². The van der Waals surface area contributed by atoms with E-state index in [2.05, 4.69) is 15.5 Å². The first-order valence-corrected chi connectivity index (χ1v) is 8.74. The molecule has 136 valence electrons. The van der Waals surface area contributed by atoms with Gasteiger partial charge in [-0.15, -0.1) is 10.2 Å². The van der Waals surface area contributed by atoms with Crippen molar-refractivity contribution in [2.75, 3.05) is 26.0 Å². The monoisotopic (exact) mass is 367 g/mol. The average Bonchev–Trinajstić information content (AvgIpc) is 3.24. The Labute approximate surface area is 149 Å². The molecule has 0 aliphatic rings. The molecule has 3 N–H and O–H groups in total. The SMILES string of the molecule is COCCCNC(=O)CSc1nnc(-c2ccco2)n1CCC(N)=O. The Morgan fingerprint density at radius 2 is 2.28 bits per heavy atom. The van der Waals surface area contributed by atoms with E-state index in [0.29, 0.717) is 36.4 Å². The van der Waals surface area contributed by atoms with E-state index in [4.69, 9.17) is 14.9 Å². The second-order valence-corrected chi connectivity index (χ2v) is 6.08. The predicted octanol–water partition coefficient (Wildman–Crippen LogP) is 0.658. The summed E-state index contributed by atoms with van der Waals surface area (Å²) in [6.45, 7) is 1.47. The molecule has 2 rings (SSSR count). The third-order valence-electron chi connectivity index (χ3n) is 3.22. The number of hydrogen-bond donors (Lipinski definition) is 2. The Morgan fingerprint density at radius 3 is 2.96 bits per heavy atom. The smallest absolute Gasteiger partial charge is 0.230 e. The lowest BCUT2D eigenvalue weighted by Crippen LogP contribution is -2.27. The van der Waals surface area contributed by atoms with Gasteiger partial charge in [0.2, 0.25) is 11.8 Å².